The Morgan fingerprint density at radius 2 is 1.20 bits per heavy atom. The van der Waals surface area contributed by atoms with Gasteiger partial charge in [0.05, 0.1) is 57.5 Å². The Hall–Kier alpha value is -1.10. The van der Waals surface area contributed by atoms with E-state index in [0.717, 1.165) is 37.7 Å². The van der Waals surface area contributed by atoms with Crippen LogP contribution in [0.2, 0.25) is 0 Å². The Labute approximate surface area is 441 Å². The van der Waals surface area contributed by atoms with Crippen molar-refractivity contribution in [2.75, 3.05) is 39.6 Å². The summed E-state index contributed by atoms with van der Waals surface area (Å²) >= 11 is 0. The number of ether oxygens (including phenoxy) is 8. The molecule has 4 aliphatic heterocycles. The zero-order valence-corrected chi connectivity index (χ0v) is 45.1. The molecule has 0 bridgehead atoms. The van der Waals surface area contributed by atoms with Crippen molar-refractivity contribution in [3.8, 4) is 0 Å². The van der Waals surface area contributed by atoms with Gasteiger partial charge in [-0.15, -0.1) is 0 Å². The van der Waals surface area contributed by atoms with Crippen molar-refractivity contribution in [1.82, 2.24) is 0 Å². The van der Waals surface area contributed by atoms with Crippen molar-refractivity contribution < 1.29 is 104 Å². The molecule has 4 saturated carbocycles. The van der Waals surface area contributed by atoms with Crippen LogP contribution in [-0.2, 0) is 37.9 Å². The van der Waals surface area contributed by atoms with Crippen LogP contribution < -0.4 is 0 Å². The number of hydrogen-bond donors (Lipinski definition) is 13. The molecule has 28 atom stereocenters. The van der Waals surface area contributed by atoms with Crippen LogP contribution in [-0.4, -0.2) is 234 Å². The first-order valence-electron chi connectivity index (χ1n) is 27.6. The number of fused-ring (bicyclic) bond motifs is 5. The van der Waals surface area contributed by atoms with Crippen LogP contribution in [0.4, 0.5) is 0 Å². The second kappa shape index (κ2) is 23.0. The highest BCUT2D eigenvalue weighted by Crippen LogP contribution is 2.76. The number of aliphatic hydroxyl groups excluding tert-OH is 13. The van der Waals surface area contributed by atoms with Crippen molar-refractivity contribution in [3.05, 3.63) is 11.6 Å². The number of hydrogen-bond acceptors (Lipinski definition) is 21. The maximum absolute atomic E-state index is 12.7. The summed E-state index contributed by atoms with van der Waals surface area (Å²) < 4.78 is 48.2. The highest BCUT2D eigenvalue weighted by atomic mass is 16.7. The molecule has 21 nitrogen and oxygen atoms in total. The molecule has 0 aromatic heterocycles. The topological polar surface area (TPSA) is 337 Å². The van der Waals surface area contributed by atoms with Crippen molar-refractivity contribution in [1.29, 1.82) is 0 Å². The van der Waals surface area contributed by atoms with E-state index in [2.05, 4.69) is 47.6 Å². The third kappa shape index (κ3) is 11.0. The van der Waals surface area contributed by atoms with Crippen LogP contribution in [0.5, 0.6) is 0 Å². The maximum Gasteiger partial charge on any atom is 0.186 e. The van der Waals surface area contributed by atoms with Crippen LogP contribution in [0.1, 0.15) is 113 Å². The van der Waals surface area contributed by atoms with Crippen LogP contribution in [0.3, 0.4) is 0 Å². The van der Waals surface area contributed by atoms with E-state index in [9.17, 15) is 66.4 Å². The fraction of sp³-hybridized carbons (Fsp3) is 0.963. The SMILES string of the molecule is CC(C)=CCCC(C)(OCC1OC(COC2OCC(O)C(OCC3OCC(O)C(O)C3O)C2O)C(O)C(O)C1O)C1CCC2(C)C1C(O)CC1C3(C)CCC(OC4OC(CO)C(O)C(O)C4O)C(C)(C)C3CCC12C. The lowest BCUT2D eigenvalue weighted by atomic mass is 9.35. The normalized spacial score (nSPS) is 51.7. The lowest BCUT2D eigenvalue weighted by Gasteiger charge is -2.71. The molecule has 4 heterocycles. The molecular formula is C54H92O21. The monoisotopic (exact) mass is 1080 g/mol. The Balaban J connectivity index is 0.942. The predicted octanol–water partition coefficient (Wildman–Crippen LogP) is -0.839. The van der Waals surface area contributed by atoms with Gasteiger partial charge in [0.15, 0.2) is 12.6 Å². The van der Waals surface area contributed by atoms with E-state index in [4.69, 9.17) is 37.9 Å². The summed E-state index contributed by atoms with van der Waals surface area (Å²) in [5.74, 6) is 0.0740. The minimum Gasteiger partial charge on any atom is -0.394 e. The second-order valence-electron chi connectivity index (χ2n) is 25.6. The van der Waals surface area contributed by atoms with E-state index in [0.29, 0.717) is 25.7 Å². The van der Waals surface area contributed by atoms with E-state index in [1.165, 1.54) is 0 Å². The van der Waals surface area contributed by atoms with Gasteiger partial charge in [-0.3, -0.25) is 0 Å². The highest BCUT2D eigenvalue weighted by Gasteiger charge is 2.72. The first-order chi connectivity index (χ1) is 35.1. The molecule has 75 heavy (non-hydrogen) atoms. The van der Waals surface area contributed by atoms with Crippen LogP contribution in [0.15, 0.2) is 11.6 Å². The zero-order chi connectivity index (χ0) is 54.9. The van der Waals surface area contributed by atoms with Gasteiger partial charge >= 0.3 is 0 Å². The maximum atomic E-state index is 12.7. The summed E-state index contributed by atoms with van der Waals surface area (Å²) in [6.45, 7) is 15.6. The fourth-order valence-corrected chi connectivity index (χ4v) is 16.1. The number of aliphatic hydroxyl groups is 13. The van der Waals surface area contributed by atoms with Crippen LogP contribution in [0.25, 0.3) is 0 Å². The van der Waals surface area contributed by atoms with Crippen LogP contribution in [0, 0.1) is 45.3 Å². The average molecular weight is 1080 g/mol. The molecule has 21 heteroatoms. The Morgan fingerprint density at radius 3 is 1.88 bits per heavy atom. The molecule has 0 amide bonds. The van der Waals surface area contributed by atoms with E-state index >= 15 is 0 Å². The van der Waals surface area contributed by atoms with E-state index in [1.807, 2.05) is 13.8 Å². The summed E-state index contributed by atoms with van der Waals surface area (Å²) in [6.07, 6.45) is -17.0. The lowest BCUT2D eigenvalue weighted by molar-refractivity contribution is -0.332. The standard InChI is InChI=1S/C54H92O21/c1-25(2)10-9-14-54(8,72-24-33-42(63)43(64)41(62)32(73-33)23-71-48-46(67)47(29(58)21-70-48)69-22-31-40(61)38(59)28(57)20-68-31)26-11-16-53(7)37(26)27(56)18-35-51(5)15-13-36(50(3,4)34(51)12-17-52(35,53)6)75-49-45(66)44(65)39(60)30(19-55)74-49/h10,26-49,55-67H,9,11-24H2,1-8H3. The van der Waals surface area contributed by atoms with Gasteiger partial charge in [-0.2, -0.15) is 0 Å². The molecule has 4 aliphatic carbocycles. The molecule has 0 aromatic rings. The summed E-state index contributed by atoms with van der Waals surface area (Å²) in [6, 6.07) is 0. The van der Waals surface area contributed by atoms with Crippen LogP contribution >= 0.6 is 0 Å². The lowest BCUT2D eigenvalue weighted by Crippen LogP contribution is -2.67. The summed E-state index contributed by atoms with van der Waals surface area (Å²) in [5, 5.41) is 140. The number of allylic oxidation sites excluding steroid dienone is 2. The van der Waals surface area contributed by atoms with Gasteiger partial charge in [0, 0.05) is 0 Å². The molecule has 434 valence electrons. The predicted molar refractivity (Wildman–Crippen MR) is 264 cm³/mol. The average Bonchev–Trinajstić information content (AvgIpc) is 3.75. The summed E-state index contributed by atoms with van der Waals surface area (Å²) in [5.41, 5.74) is -0.764. The zero-order valence-electron chi connectivity index (χ0n) is 45.1. The molecule has 8 fully saturated rings. The minimum absolute atomic E-state index is 0.110. The smallest absolute Gasteiger partial charge is 0.186 e. The Morgan fingerprint density at radius 1 is 0.587 bits per heavy atom. The molecule has 4 saturated heterocycles. The highest BCUT2D eigenvalue weighted by molar-refractivity contribution is 5.20. The van der Waals surface area contributed by atoms with E-state index in [-0.39, 0.29) is 72.4 Å². The molecule has 8 rings (SSSR count). The minimum atomic E-state index is -1.66. The first kappa shape index (κ1) is 60.0. The Kier molecular flexibility index (Phi) is 18.4. The molecule has 0 aromatic carbocycles. The van der Waals surface area contributed by atoms with E-state index in [1.54, 1.807) is 0 Å². The van der Waals surface area contributed by atoms with Gasteiger partial charge in [-0.05, 0) is 124 Å². The quantitative estimate of drug-likeness (QED) is 0.0662. The van der Waals surface area contributed by atoms with E-state index < -0.39 is 141 Å². The molecule has 0 spiro atoms. The van der Waals surface area contributed by atoms with Crippen molar-refractivity contribution in [2.45, 2.75) is 241 Å². The van der Waals surface area contributed by atoms with Crippen molar-refractivity contribution >= 4 is 0 Å². The largest absolute Gasteiger partial charge is 0.394 e. The first-order valence-corrected chi connectivity index (χ1v) is 27.6. The van der Waals surface area contributed by atoms with Gasteiger partial charge in [-0.1, -0.05) is 46.3 Å². The third-order valence-corrected chi connectivity index (χ3v) is 20.7. The van der Waals surface area contributed by atoms with Gasteiger partial charge in [0.1, 0.15) is 97.7 Å². The van der Waals surface area contributed by atoms with Crippen molar-refractivity contribution in [2.24, 2.45) is 45.3 Å². The third-order valence-electron chi connectivity index (χ3n) is 20.7. The van der Waals surface area contributed by atoms with Gasteiger partial charge in [0.2, 0.25) is 0 Å². The number of rotatable bonds is 16. The van der Waals surface area contributed by atoms with Gasteiger partial charge < -0.3 is 104 Å². The molecule has 0 radical (unpaired) electrons. The van der Waals surface area contributed by atoms with Crippen molar-refractivity contribution in [3.63, 3.8) is 0 Å². The second-order valence-corrected chi connectivity index (χ2v) is 25.6. The molecule has 13 N–H and O–H groups in total. The molecule has 8 aliphatic rings. The molecule has 28 unspecified atom stereocenters. The fourth-order valence-electron chi connectivity index (χ4n) is 16.1. The Bertz CT molecular complexity index is 1920. The summed E-state index contributed by atoms with van der Waals surface area (Å²) in [4.78, 5) is 0. The van der Waals surface area contributed by atoms with Gasteiger partial charge in [0.25, 0.3) is 0 Å². The molecular weight excluding hydrogens is 985 g/mol. The summed E-state index contributed by atoms with van der Waals surface area (Å²) in [7, 11) is 0. The van der Waals surface area contributed by atoms with Gasteiger partial charge in [-0.25, -0.2) is 0 Å².